The first kappa shape index (κ1) is 20.6. The van der Waals surface area contributed by atoms with E-state index in [4.69, 9.17) is 17.2 Å². The van der Waals surface area contributed by atoms with Crippen molar-refractivity contribution in [3.8, 4) is 0 Å². The predicted octanol–water partition coefficient (Wildman–Crippen LogP) is 4.14. The summed E-state index contributed by atoms with van der Waals surface area (Å²) in [4.78, 5) is 0. The summed E-state index contributed by atoms with van der Waals surface area (Å²) >= 11 is 0. The molecule has 0 radical (unpaired) electrons. The van der Waals surface area contributed by atoms with Crippen molar-refractivity contribution in [1.82, 2.24) is 0 Å². The van der Waals surface area contributed by atoms with Gasteiger partial charge in [0.25, 0.3) is 0 Å². The third kappa shape index (κ3) is 4.00. The third-order valence-electron chi connectivity index (χ3n) is 8.02. The SMILES string of the molecule is CC(C)(C)C(C1CC(N)C1)C(C1CC(N)C1)C(C1CC(N)C1)C(C)(C)C. The Balaban J connectivity index is 1.94. The van der Waals surface area contributed by atoms with Crippen LogP contribution < -0.4 is 17.2 Å². The summed E-state index contributed by atoms with van der Waals surface area (Å²) in [6, 6.07) is 1.29. The van der Waals surface area contributed by atoms with Crippen molar-refractivity contribution in [2.24, 2.45) is 63.5 Å². The fraction of sp³-hybridized carbons (Fsp3) is 1.00. The van der Waals surface area contributed by atoms with Crippen LogP contribution in [0.4, 0.5) is 0 Å². The van der Waals surface area contributed by atoms with Crippen LogP contribution in [0.25, 0.3) is 0 Å². The van der Waals surface area contributed by atoms with Gasteiger partial charge in [-0.1, -0.05) is 41.5 Å². The third-order valence-corrected chi connectivity index (χ3v) is 8.02. The van der Waals surface area contributed by atoms with Crippen LogP contribution in [0.1, 0.15) is 80.1 Å². The van der Waals surface area contributed by atoms with E-state index in [0.29, 0.717) is 29.0 Å². The maximum atomic E-state index is 6.27. The molecule has 0 bridgehead atoms. The molecule has 2 atom stereocenters. The highest BCUT2D eigenvalue weighted by Crippen LogP contribution is 2.59. The second-order valence-electron chi connectivity index (χ2n) is 12.3. The topological polar surface area (TPSA) is 78.1 Å². The van der Waals surface area contributed by atoms with Gasteiger partial charge in [0.05, 0.1) is 0 Å². The molecule has 0 saturated heterocycles. The van der Waals surface area contributed by atoms with Gasteiger partial charge in [-0.15, -0.1) is 0 Å². The second kappa shape index (κ2) is 7.04. The van der Waals surface area contributed by atoms with E-state index in [2.05, 4.69) is 41.5 Å². The Morgan fingerprint density at radius 1 is 0.538 bits per heavy atom. The summed E-state index contributed by atoms with van der Waals surface area (Å²) in [6.07, 6.45) is 7.33. The number of hydrogen-bond acceptors (Lipinski definition) is 3. The Kier molecular flexibility index (Phi) is 5.58. The molecule has 3 nitrogen and oxygen atoms in total. The minimum Gasteiger partial charge on any atom is -0.328 e. The molecule has 0 amide bonds. The molecule has 3 aliphatic carbocycles. The van der Waals surface area contributed by atoms with E-state index in [-0.39, 0.29) is 0 Å². The van der Waals surface area contributed by atoms with Gasteiger partial charge in [-0.05, 0) is 84.9 Å². The molecule has 0 heterocycles. The Morgan fingerprint density at radius 3 is 1.04 bits per heavy atom. The summed E-state index contributed by atoms with van der Waals surface area (Å²) in [5.74, 6) is 4.66. The molecular formula is C23H45N3. The zero-order valence-electron chi connectivity index (χ0n) is 18.2. The van der Waals surface area contributed by atoms with Crippen LogP contribution in [-0.4, -0.2) is 18.1 Å². The molecular weight excluding hydrogens is 318 g/mol. The number of rotatable bonds is 5. The first-order valence-corrected chi connectivity index (χ1v) is 11.1. The second-order valence-corrected chi connectivity index (χ2v) is 12.3. The van der Waals surface area contributed by atoms with Crippen LogP contribution >= 0.6 is 0 Å². The Labute approximate surface area is 162 Å². The van der Waals surface area contributed by atoms with Gasteiger partial charge in [0.1, 0.15) is 0 Å². The van der Waals surface area contributed by atoms with Crippen LogP contribution in [0.15, 0.2) is 0 Å². The Morgan fingerprint density at radius 2 is 0.808 bits per heavy atom. The highest BCUT2D eigenvalue weighted by atomic mass is 14.7. The Bertz CT molecular complexity index is 435. The molecule has 152 valence electrons. The van der Waals surface area contributed by atoms with E-state index in [1.807, 2.05) is 0 Å². The van der Waals surface area contributed by atoms with Gasteiger partial charge in [0.2, 0.25) is 0 Å². The maximum Gasteiger partial charge on any atom is 0.00443 e. The number of hydrogen-bond donors (Lipinski definition) is 3. The number of nitrogens with two attached hydrogens (primary N) is 3. The Hall–Kier alpha value is -0.120. The van der Waals surface area contributed by atoms with Gasteiger partial charge in [-0.3, -0.25) is 0 Å². The van der Waals surface area contributed by atoms with Crippen molar-refractivity contribution in [2.75, 3.05) is 0 Å². The van der Waals surface area contributed by atoms with Gasteiger partial charge in [-0.2, -0.15) is 0 Å². The summed E-state index contributed by atoms with van der Waals surface area (Å²) in [5, 5.41) is 0. The minimum absolute atomic E-state index is 0.324. The van der Waals surface area contributed by atoms with Crippen molar-refractivity contribution < 1.29 is 0 Å². The summed E-state index contributed by atoms with van der Waals surface area (Å²) in [7, 11) is 0. The van der Waals surface area contributed by atoms with Crippen LogP contribution in [-0.2, 0) is 0 Å². The monoisotopic (exact) mass is 363 g/mol. The molecule has 26 heavy (non-hydrogen) atoms. The molecule has 3 heteroatoms. The summed E-state index contributed by atoms with van der Waals surface area (Å²) < 4.78 is 0. The summed E-state index contributed by atoms with van der Waals surface area (Å²) in [6.45, 7) is 14.8. The lowest BCUT2D eigenvalue weighted by Gasteiger charge is -2.60. The zero-order valence-corrected chi connectivity index (χ0v) is 18.2. The van der Waals surface area contributed by atoms with E-state index in [9.17, 15) is 0 Å². The van der Waals surface area contributed by atoms with Crippen LogP contribution in [0.3, 0.4) is 0 Å². The fourth-order valence-corrected chi connectivity index (χ4v) is 7.03. The highest BCUT2D eigenvalue weighted by Gasteiger charge is 2.54. The van der Waals surface area contributed by atoms with Crippen molar-refractivity contribution >= 4 is 0 Å². The molecule has 0 aromatic carbocycles. The first-order valence-electron chi connectivity index (χ1n) is 11.1. The van der Waals surface area contributed by atoms with Crippen molar-refractivity contribution in [1.29, 1.82) is 0 Å². The summed E-state index contributed by atoms with van der Waals surface area (Å²) in [5.41, 5.74) is 19.4. The molecule has 0 aliphatic heterocycles. The molecule has 2 unspecified atom stereocenters. The quantitative estimate of drug-likeness (QED) is 0.687. The molecule has 3 rings (SSSR count). The van der Waals surface area contributed by atoms with E-state index in [1.54, 1.807) is 0 Å². The van der Waals surface area contributed by atoms with E-state index in [1.165, 1.54) is 38.5 Å². The smallest absolute Gasteiger partial charge is 0.00443 e. The normalized spacial score (nSPS) is 41.4. The van der Waals surface area contributed by atoms with Crippen molar-refractivity contribution in [3.63, 3.8) is 0 Å². The van der Waals surface area contributed by atoms with E-state index in [0.717, 1.165) is 35.5 Å². The average molecular weight is 364 g/mol. The first-order chi connectivity index (χ1) is 11.9. The molecule has 0 aromatic heterocycles. The fourth-order valence-electron chi connectivity index (χ4n) is 7.03. The van der Waals surface area contributed by atoms with Crippen molar-refractivity contribution in [2.45, 2.75) is 98.2 Å². The lowest BCUT2D eigenvalue weighted by molar-refractivity contribution is -0.0987. The molecule has 3 saturated carbocycles. The molecule has 0 aromatic rings. The predicted molar refractivity (Wildman–Crippen MR) is 111 cm³/mol. The lowest BCUT2D eigenvalue weighted by Crippen LogP contribution is -2.57. The maximum absolute atomic E-state index is 6.27. The standard InChI is InChI=1S/C23H45N3/c1-22(2,3)20(14-9-17(25)10-14)19(13-7-16(24)8-13)21(23(4,5)6)15-11-18(26)12-15/h13-21H,7-12,24-26H2,1-6H3. The van der Waals surface area contributed by atoms with Crippen LogP contribution in [0, 0.1) is 46.3 Å². The van der Waals surface area contributed by atoms with Gasteiger partial charge in [-0.25, -0.2) is 0 Å². The van der Waals surface area contributed by atoms with E-state index < -0.39 is 0 Å². The molecule has 0 spiro atoms. The van der Waals surface area contributed by atoms with Gasteiger partial charge in [0, 0.05) is 18.1 Å². The largest absolute Gasteiger partial charge is 0.328 e. The molecule has 3 fully saturated rings. The highest BCUT2D eigenvalue weighted by molar-refractivity contribution is 5.05. The molecule has 6 N–H and O–H groups in total. The van der Waals surface area contributed by atoms with Gasteiger partial charge in [0.15, 0.2) is 0 Å². The lowest BCUT2D eigenvalue weighted by atomic mass is 9.46. The average Bonchev–Trinajstić information content (AvgIpc) is 2.36. The minimum atomic E-state index is 0.324. The van der Waals surface area contributed by atoms with Crippen LogP contribution in [0.2, 0.25) is 0 Å². The van der Waals surface area contributed by atoms with Crippen LogP contribution in [0.5, 0.6) is 0 Å². The zero-order chi connectivity index (χ0) is 19.4. The van der Waals surface area contributed by atoms with Gasteiger partial charge < -0.3 is 17.2 Å². The molecule has 3 aliphatic rings. The van der Waals surface area contributed by atoms with Gasteiger partial charge >= 0.3 is 0 Å². The van der Waals surface area contributed by atoms with E-state index >= 15 is 0 Å². The van der Waals surface area contributed by atoms with Crippen molar-refractivity contribution in [3.05, 3.63) is 0 Å².